The molecule has 0 radical (unpaired) electrons. The van der Waals surface area contributed by atoms with E-state index in [1.54, 1.807) is 6.33 Å². The summed E-state index contributed by atoms with van der Waals surface area (Å²) < 4.78 is 6.01. The number of carbonyl (C=O) groups is 1. The van der Waals surface area contributed by atoms with Crippen molar-refractivity contribution in [3.63, 3.8) is 0 Å². The van der Waals surface area contributed by atoms with Crippen LogP contribution in [-0.2, 0) is 27.9 Å². The van der Waals surface area contributed by atoms with Crippen LogP contribution in [0.4, 0.5) is 0 Å². The molecular formula is C22H29N3O2. The van der Waals surface area contributed by atoms with Gasteiger partial charge in [-0.3, -0.25) is 4.79 Å². The zero-order valence-corrected chi connectivity index (χ0v) is 16.5. The Morgan fingerprint density at radius 1 is 1.33 bits per heavy atom. The van der Waals surface area contributed by atoms with Crippen molar-refractivity contribution in [2.24, 2.45) is 0 Å². The molecule has 2 aliphatic heterocycles. The molecule has 0 unspecified atom stereocenters. The van der Waals surface area contributed by atoms with E-state index in [0.29, 0.717) is 19.6 Å². The topological polar surface area (TPSA) is 58.2 Å². The summed E-state index contributed by atoms with van der Waals surface area (Å²) in [4.78, 5) is 22.9. The van der Waals surface area contributed by atoms with Crippen molar-refractivity contribution in [2.75, 3.05) is 13.2 Å². The third kappa shape index (κ3) is 3.53. The number of H-pyrrole nitrogens is 1. The van der Waals surface area contributed by atoms with E-state index in [-0.39, 0.29) is 16.9 Å². The Morgan fingerprint density at radius 2 is 2.15 bits per heavy atom. The number of nitrogens with zero attached hydrogens (tertiary/aromatic N) is 2. The first-order valence-electron chi connectivity index (χ1n) is 9.88. The first-order chi connectivity index (χ1) is 12.9. The number of rotatable bonds is 3. The minimum atomic E-state index is -0.223. The molecule has 1 aromatic carbocycles. The second-order valence-corrected chi connectivity index (χ2v) is 8.70. The van der Waals surface area contributed by atoms with Crippen LogP contribution < -0.4 is 0 Å². The summed E-state index contributed by atoms with van der Waals surface area (Å²) in [7, 11) is 0. The van der Waals surface area contributed by atoms with Crippen molar-refractivity contribution < 1.29 is 9.53 Å². The summed E-state index contributed by atoms with van der Waals surface area (Å²) in [6.45, 7) is 8.52. The van der Waals surface area contributed by atoms with E-state index in [2.05, 4.69) is 55.0 Å². The van der Waals surface area contributed by atoms with Gasteiger partial charge in [-0.2, -0.15) is 0 Å². The fourth-order valence-electron chi connectivity index (χ4n) is 4.95. The van der Waals surface area contributed by atoms with Gasteiger partial charge in [0.2, 0.25) is 5.91 Å². The Kier molecular flexibility index (Phi) is 4.58. The first-order valence-corrected chi connectivity index (χ1v) is 9.88. The number of imidazole rings is 1. The number of benzene rings is 1. The number of hydrogen-bond acceptors (Lipinski definition) is 3. The molecule has 1 amide bonds. The molecule has 3 heterocycles. The monoisotopic (exact) mass is 367 g/mol. The third-order valence-corrected chi connectivity index (χ3v) is 6.17. The Balaban J connectivity index is 1.62. The number of aromatic nitrogens is 2. The summed E-state index contributed by atoms with van der Waals surface area (Å²) in [5.41, 5.74) is 4.34. The van der Waals surface area contributed by atoms with E-state index >= 15 is 0 Å². The van der Waals surface area contributed by atoms with Crippen molar-refractivity contribution in [1.29, 1.82) is 0 Å². The summed E-state index contributed by atoms with van der Waals surface area (Å²) in [5.74, 6) is 0.233. The molecule has 0 aliphatic carbocycles. The van der Waals surface area contributed by atoms with Gasteiger partial charge in [0, 0.05) is 31.4 Å². The molecule has 0 saturated carbocycles. The fourth-order valence-corrected chi connectivity index (χ4v) is 4.95. The van der Waals surface area contributed by atoms with Crippen LogP contribution in [0.15, 0.2) is 30.6 Å². The van der Waals surface area contributed by atoms with Crippen molar-refractivity contribution in [2.45, 2.75) is 64.0 Å². The number of fused-ring (bicyclic) bond motifs is 1. The van der Waals surface area contributed by atoms with Gasteiger partial charge in [-0.1, -0.05) is 24.3 Å². The molecule has 1 atom stereocenters. The van der Waals surface area contributed by atoms with Crippen LogP contribution in [0.25, 0.3) is 0 Å². The maximum atomic E-state index is 13.3. The highest BCUT2D eigenvalue weighted by Crippen LogP contribution is 2.45. The van der Waals surface area contributed by atoms with Crippen molar-refractivity contribution in [3.8, 4) is 0 Å². The number of nitrogens with one attached hydrogen (secondary N) is 1. The van der Waals surface area contributed by atoms with E-state index in [9.17, 15) is 4.79 Å². The van der Waals surface area contributed by atoms with E-state index in [1.165, 1.54) is 11.1 Å². The normalized spacial score (nSPS) is 24.5. The Bertz CT molecular complexity index is 842. The third-order valence-electron chi connectivity index (χ3n) is 6.17. The van der Waals surface area contributed by atoms with Crippen LogP contribution in [-0.4, -0.2) is 39.5 Å². The molecule has 1 aromatic heterocycles. The van der Waals surface area contributed by atoms with Gasteiger partial charge in [0.25, 0.3) is 0 Å². The van der Waals surface area contributed by atoms with E-state index in [4.69, 9.17) is 4.74 Å². The standard InChI is InChI=1S/C22H29N3O2/c1-16-6-4-5-7-17(16)22(9-11-27-21(2,3)14-22)12-20(26)25-10-8-18-19(13-25)24-15-23-18/h4-7,15H,8-14H2,1-3H3,(H,23,24)/t22-/m0/s1. The predicted molar refractivity (Wildman–Crippen MR) is 104 cm³/mol. The molecule has 0 spiro atoms. The molecule has 4 rings (SSSR count). The number of hydrogen-bond donors (Lipinski definition) is 1. The Labute approximate surface area is 161 Å². The number of ether oxygens (including phenoxy) is 1. The maximum absolute atomic E-state index is 13.3. The maximum Gasteiger partial charge on any atom is 0.223 e. The van der Waals surface area contributed by atoms with Gasteiger partial charge in [0.05, 0.1) is 29.9 Å². The van der Waals surface area contributed by atoms with Crippen molar-refractivity contribution in [1.82, 2.24) is 14.9 Å². The summed E-state index contributed by atoms with van der Waals surface area (Å²) in [6.07, 6.45) is 4.84. The van der Waals surface area contributed by atoms with E-state index < -0.39 is 0 Å². The molecule has 27 heavy (non-hydrogen) atoms. The minimum absolute atomic E-state index is 0.168. The average Bonchev–Trinajstić information content (AvgIpc) is 3.08. The lowest BCUT2D eigenvalue weighted by Gasteiger charge is -2.46. The largest absolute Gasteiger partial charge is 0.376 e. The van der Waals surface area contributed by atoms with E-state index in [1.807, 2.05) is 4.90 Å². The molecule has 1 saturated heterocycles. The van der Waals surface area contributed by atoms with Crippen molar-refractivity contribution >= 4 is 5.91 Å². The number of amides is 1. The zero-order valence-electron chi connectivity index (χ0n) is 16.5. The van der Waals surface area contributed by atoms with Crippen LogP contribution in [0, 0.1) is 6.92 Å². The molecule has 5 heteroatoms. The smallest absolute Gasteiger partial charge is 0.223 e. The highest BCUT2D eigenvalue weighted by Gasteiger charge is 2.45. The summed E-state index contributed by atoms with van der Waals surface area (Å²) in [5, 5.41) is 0. The number of aryl methyl sites for hydroxylation is 1. The predicted octanol–water partition coefficient (Wildman–Crippen LogP) is 3.52. The van der Waals surface area contributed by atoms with Gasteiger partial charge < -0.3 is 14.6 Å². The van der Waals surface area contributed by atoms with Gasteiger partial charge in [-0.05, 0) is 44.7 Å². The highest BCUT2D eigenvalue weighted by molar-refractivity contribution is 5.78. The van der Waals surface area contributed by atoms with Crippen LogP contribution in [0.2, 0.25) is 0 Å². The molecule has 2 aromatic rings. The lowest BCUT2D eigenvalue weighted by Crippen LogP contribution is -2.48. The highest BCUT2D eigenvalue weighted by atomic mass is 16.5. The summed E-state index contributed by atoms with van der Waals surface area (Å²) in [6, 6.07) is 8.52. The average molecular weight is 367 g/mol. The van der Waals surface area contributed by atoms with Gasteiger partial charge in [-0.15, -0.1) is 0 Å². The van der Waals surface area contributed by atoms with Gasteiger partial charge in [0.15, 0.2) is 0 Å². The quantitative estimate of drug-likeness (QED) is 0.903. The zero-order chi connectivity index (χ0) is 19.1. The second-order valence-electron chi connectivity index (χ2n) is 8.70. The number of aromatic amines is 1. The Hall–Kier alpha value is -2.14. The molecule has 2 aliphatic rings. The lowest BCUT2D eigenvalue weighted by atomic mass is 9.66. The fraction of sp³-hybridized carbons (Fsp3) is 0.545. The molecule has 1 fully saturated rings. The van der Waals surface area contributed by atoms with E-state index in [0.717, 1.165) is 37.2 Å². The molecule has 1 N–H and O–H groups in total. The molecule has 5 nitrogen and oxygen atoms in total. The molecule has 0 bridgehead atoms. The van der Waals surface area contributed by atoms with Crippen LogP contribution in [0.5, 0.6) is 0 Å². The minimum Gasteiger partial charge on any atom is -0.376 e. The Morgan fingerprint density at radius 3 is 2.93 bits per heavy atom. The second kappa shape index (κ2) is 6.79. The van der Waals surface area contributed by atoms with Gasteiger partial charge >= 0.3 is 0 Å². The van der Waals surface area contributed by atoms with Crippen molar-refractivity contribution in [3.05, 3.63) is 53.1 Å². The SMILES string of the molecule is Cc1ccccc1[C@]1(CC(=O)N2CCc3nc[nH]c3C2)CCOC(C)(C)C1. The molecular weight excluding hydrogens is 338 g/mol. The summed E-state index contributed by atoms with van der Waals surface area (Å²) >= 11 is 0. The van der Waals surface area contributed by atoms with Crippen LogP contribution in [0.1, 0.15) is 55.6 Å². The first kappa shape index (κ1) is 18.2. The molecule has 144 valence electrons. The number of carbonyl (C=O) groups excluding carboxylic acids is 1. The van der Waals surface area contributed by atoms with Gasteiger partial charge in [-0.25, -0.2) is 4.98 Å². The van der Waals surface area contributed by atoms with Gasteiger partial charge in [0.1, 0.15) is 0 Å². The van der Waals surface area contributed by atoms with Crippen LogP contribution >= 0.6 is 0 Å². The lowest BCUT2D eigenvalue weighted by molar-refractivity contribution is -0.137. The van der Waals surface area contributed by atoms with Crippen LogP contribution in [0.3, 0.4) is 0 Å².